The standard InChI is InChI=1S/C17H22Cl2N6O3S.Na/c1-23-5-3-4-15(23)11-25(16-9-20-24(2)10-16)29(27,28)22-17(26)21-14-7-12(18)6-13(19)8-14;/h6-10,15H,3-5,11H2,1-2H3,(H2,21,22,26);/q;+1/p-1/t15-;/m1./s1. The van der Waals surface area contributed by atoms with Crippen LogP contribution in [0.5, 0.6) is 0 Å². The van der Waals surface area contributed by atoms with Crippen LogP contribution in [0.2, 0.25) is 10.0 Å². The molecule has 1 aromatic heterocycles. The van der Waals surface area contributed by atoms with Crippen molar-refractivity contribution in [2.75, 3.05) is 29.8 Å². The molecule has 1 aliphatic rings. The number of nitrogens with one attached hydrogen (secondary N) is 1. The van der Waals surface area contributed by atoms with E-state index in [2.05, 4.69) is 20.0 Å². The normalized spacial score (nSPS) is 16.7. The first-order valence-corrected chi connectivity index (χ1v) is 11.0. The van der Waals surface area contributed by atoms with Crippen LogP contribution in [0.4, 0.5) is 16.2 Å². The van der Waals surface area contributed by atoms with E-state index in [0.29, 0.717) is 15.7 Å². The third-order valence-electron chi connectivity index (χ3n) is 4.62. The summed E-state index contributed by atoms with van der Waals surface area (Å²) >= 11 is 11.8. The molecule has 1 saturated heterocycles. The monoisotopic (exact) mass is 482 g/mol. The van der Waals surface area contributed by atoms with E-state index in [-0.39, 0.29) is 47.8 Å². The third kappa shape index (κ3) is 6.49. The van der Waals surface area contributed by atoms with Crippen LogP contribution in [-0.4, -0.2) is 55.3 Å². The molecule has 9 nitrogen and oxygen atoms in total. The topological polar surface area (TPSA) is 102 Å². The molecule has 0 spiro atoms. The molecule has 1 atom stereocenters. The third-order valence-corrected chi connectivity index (χ3v) is 6.37. The van der Waals surface area contributed by atoms with Crippen molar-refractivity contribution in [1.82, 2.24) is 14.7 Å². The number of anilines is 2. The number of likely N-dealkylation sites (tertiary alicyclic amines) is 1. The molecule has 1 N–H and O–H groups in total. The molecule has 158 valence electrons. The van der Waals surface area contributed by atoms with E-state index in [0.717, 1.165) is 23.7 Å². The maximum Gasteiger partial charge on any atom is 1.00 e. The van der Waals surface area contributed by atoms with Crippen LogP contribution in [0.3, 0.4) is 0 Å². The first kappa shape index (κ1) is 25.3. The van der Waals surface area contributed by atoms with Crippen molar-refractivity contribution < 1.29 is 42.8 Å². The van der Waals surface area contributed by atoms with Crippen molar-refractivity contribution in [2.24, 2.45) is 7.05 Å². The zero-order chi connectivity index (χ0) is 21.2. The number of urea groups is 1. The van der Waals surface area contributed by atoms with E-state index in [1.165, 1.54) is 29.1 Å². The quantitative estimate of drug-likeness (QED) is 0.603. The number of amides is 2. The van der Waals surface area contributed by atoms with Crippen LogP contribution in [-0.2, 0) is 17.3 Å². The van der Waals surface area contributed by atoms with E-state index < -0.39 is 16.2 Å². The molecule has 2 amide bonds. The van der Waals surface area contributed by atoms with Gasteiger partial charge in [-0.3, -0.25) is 13.8 Å². The molecule has 1 aromatic carbocycles. The van der Waals surface area contributed by atoms with Crippen LogP contribution in [0, 0.1) is 0 Å². The summed E-state index contributed by atoms with van der Waals surface area (Å²) in [6, 6.07) is 3.36. The number of rotatable bonds is 6. The van der Waals surface area contributed by atoms with Gasteiger partial charge in [-0.25, -0.2) is 8.42 Å². The summed E-state index contributed by atoms with van der Waals surface area (Å²) < 4.78 is 31.9. The van der Waals surface area contributed by atoms with Gasteiger partial charge in [0.05, 0.1) is 11.9 Å². The molecule has 0 bridgehead atoms. The Bertz CT molecular complexity index is 983. The smallest absolute Gasteiger partial charge is 0.423 e. The van der Waals surface area contributed by atoms with Crippen LogP contribution in [0.25, 0.3) is 4.72 Å². The fourth-order valence-corrected chi connectivity index (χ4v) is 4.80. The predicted molar refractivity (Wildman–Crippen MR) is 114 cm³/mol. The van der Waals surface area contributed by atoms with Crippen LogP contribution in [0.15, 0.2) is 30.6 Å². The summed E-state index contributed by atoms with van der Waals surface area (Å²) in [4.78, 5) is 14.4. The molecule has 30 heavy (non-hydrogen) atoms. The fourth-order valence-electron chi connectivity index (χ4n) is 3.20. The van der Waals surface area contributed by atoms with Crippen LogP contribution >= 0.6 is 23.2 Å². The minimum absolute atomic E-state index is 0. The van der Waals surface area contributed by atoms with Gasteiger partial charge in [0.15, 0.2) is 6.03 Å². The van der Waals surface area contributed by atoms with E-state index in [1.54, 1.807) is 13.2 Å². The molecule has 0 saturated carbocycles. The van der Waals surface area contributed by atoms with Gasteiger partial charge in [-0.15, -0.1) is 0 Å². The van der Waals surface area contributed by atoms with Gasteiger partial charge in [-0.2, -0.15) is 5.10 Å². The summed E-state index contributed by atoms with van der Waals surface area (Å²) in [7, 11) is -0.686. The molecule has 1 aliphatic heterocycles. The van der Waals surface area contributed by atoms with Crippen molar-refractivity contribution in [3.63, 3.8) is 0 Å². The van der Waals surface area contributed by atoms with Crippen LogP contribution < -0.4 is 39.2 Å². The maximum atomic E-state index is 13.0. The molecule has 13 heteroatoms. The van der Waals surface area contributed by atoms with Crippen molar-refractivity contribution >= 4 is 50.8 Å². The minimum Gasteiger partial charge on any atom is -0.423 e. The summed E-state index contributed by atoms with van der Waals surface area (Å²) in [6.45, 7) is 1.06. The largest absolute Gasteiger partial charge is 1.00 e. The average Bonchev–Trinajstić information content (AvgIpc) is 3.19. The van der Waals surface area contributed by atoms with Gasteiger partial charge in [0, 0.05) is 35.9 Å². The average molecular weight is 483 g/mol. The van der Waals surface area contributed by atoms with E-state index in [9.17, 15) is 13.2 Å². The Hall–Kier alpha value is -1.01. The maximum absolute atomic E-state index is 13.0. The first-order valence-electron chi connectivity index (χ1n) is 8.86. The zero-order valence-corrected chi connectivity index (χ0v) is 21.2. The zero-order valence-electron chi connectivity index (χ0n) is 16.9. The second-order valence-electron chi connectivity index (χ2n) is 6.84. The van der Waals surface area contributed by atoms with Gasteiger partial charge in [0.2, 0.25) is 0 Å². The second-order valence-corrected chi connectivity index (χ2v) is 9.23. The van der Waals surface area contributed by atoms with Crippen molar-refractivity contribution in [3.8, 4) is 0 Å². The number of hydrogen-bond donors (Lipinski definition) is 1. The number of likely N-dealkylation sites (N-methyl/N-ethyl adjacent to an activating group) is 1. The number of benzene rings is 1. The van der Waals surface area contributed by atoms with E-state index >= 15 is 0 Å². The van der Waals surface area contributed by atoms with Crippen molar-refractivity contribution in [2.45, 2.75) is 18.9 Å². The summed E-state index contributed by atoms with van der Waals surface area (Å²) in [5.74, 6) is 0. The SMILES string of the molecule is CN1CCC[C@@H]1CN(c1cnn(C)c1)S(=O)(=O)[N-]C(=O)Nc1cc(Cl)cc(Cl)c1.[Na+]. The summed E-state index contributed by atoms with van der Waals surface area (Å²) in [5.41, 5.74) is 0.588. The van der Waals surface area contributed by atoms with Gasteiger partial charge in [-0.05, 0) is 50.3 Å². The van der Waals surface area contributed by atoms with Gasteiger partial charge >= 0.3 is 29.6 Å². The Labute approximate surface area is 208 Å². The van der Waals surface area contributed by atoms with Gasteiger partial charge < -0.3 is 14.9 Å². The Morgan fingerprint density at radius 1 is 1.30 bits per heavy atom. The summed E-state index contributed by atoms with van der Waals surface area (Å²) in [5, 5.41) is 7.02. The van der Waals surface area contributed by atoms with Crippen molar-refractivity contribution in [3.05, 3.63) is 45.4 Å². The Balaban J connectivity index is 0.00000320. The number of nitrogens with zero attached hydrogens (tertiary/aromatic N) is 5. The summed E-state index contributed by atoms with van der Waals surface area (Å²) in [6.07, 6.45) is 4.83. The van der Waals surface area contributed by atoms with Gasteiger partial charge in [0.1, 0.15) is 0 Å². The predicted octanol–water partition coefficient (Wildman–Crippen LogP) is 0.482. The van der Waals surface area contributed by atoms with Gasteiger partial charge in [0.25, 0.3) is 10.2 Å². The molecule has 0 unspecified atom stereocenters. The Morgan fingerprint density at radius 2 is 1.97 bits per heavy atom. The number of aryl methyl sites for hydroxylation is 1. The molecule has 0 radical (unpaired) electrons. The van der Waals surface area contributed by atoms with Gasteiger partial charge in [-0.1, -0.05) is 23.2 Å². The van der Waals surface area contributed by atoms with E-state index in [1.807, 2.05) is 7.05 Å². The molecular formula is C17H21Cl2N6NaO3S. The first-order chi connectivity index (χ1) is 13.6. The molecule has 3 rings (SSSR count). The molecular weight excluding hydrogens is 462 g/mol. The number of hydrogen-bond acceptors (Lipinski definition) is 5. The second kappa shape index (κ2) is 10.5. The molecule has 2 aromatic rings. The molecule has 1 fully saturated rings. The molecule has 0 aliphatic carbocycles. The Morgan fingerprint density at radius 3 is 2.50 bits per heavy atom. The Kier molecular flexibility index (Phi) is 8.87. The van der Waals surface area contributed by atoms with Crippen LogP contribution in [0.1, 0.15) is 12.8 Å². The number of aromatic nitrogens is 2. The molecule has 2 heterocycles. The van der Waals surface area contributed by atoms with Crippen molar-refractivity contribution in [1.29, 1.82) is 0 Å². The number of halogens is 2. The minimum atomic E-state index is -4.31. The fraction of sp³-hybridized carbons (Fsp3) is 0.412. The van der Waals surface area contributed by atoms with E-state index in [4.69, 9.17) is 23.2 Å². The number of carbonyl (C=O) groups is 1. The number of carbonyl (C=O) groups excluding carboxylic acids is 1.